The van der Waals surface area contributed by atoms with E-state index in [1.54, 1.807) is 7.11 Å². The molecule has 3 heteroatoms. The summed E-state index contributed by atoms with van der Waals surface area (Å²) in [5.41, 5.74) is 7.83. The van der Waals surface area contributed by atoms with Crippen molar-refractivity contribution in [1.82, 2.24) is 0 Å². The number of methoxy groups -OCH3 is 1. The van der Waals surface area contributed by atoms with Gasteiger partial charge in [0.15, 0.2) is 0 Å². The molecule has 0 bridgehead atoms. The van der Waals surface area contributed by atoms with Gasteiger partial charge >= 0.3 is 0 Å². The predicted molar refractivity (Wildman–Crippen MR) is 62.8 cm³/mol. The fourth-order valence-corrected chi connectivity index (χ4v) is 1.97. The molecule has 0 atom stereocenters. The fourth-order valence-electron chi connectivity index (χ4n) is 1.10. The molecular weight excluding hydrogens is 194 g/mol. The van der Waals surface area contributed by atoms with Gasteiger partial charge in [0.25, 0.3) is 0 Å². The van der Waals surface area contributed by atoms with Crippen molar-refractivity contribution in [3.8, 4) is 0 Å². The molecule has 2 nitrogen and oxygen atoms in total. The molecule has 0 aromatic heterocycles. The van der Waals surface area contributed by atoms with E-state index in [9.17, 15) is 0 Å². The van der Waals surface area contributed by atoms with Crippen molar-refractivity contribution >= 4 is 17.4 Å². The SMILES string of the molecule is COCCCSc1ccc(C)c(N)c1. The molecule has 0 unspecified atom stereocenters. The third kappa shape index (κ3) is 3.60. The first kappa shape index (κ1) is 11.4. The van der Waals surface area contributed by atoms with E-state index >= 15 is 0 Å². The van der Waals surface area contributed by atoms with Gasteiger partial charge in [0.2, 0.25) is 0 Å². The van der Waals surface area contributed by atoms with E-state index in [2.05, 4.69) is 12.1 Å². The van der Waals surface area contributed by atoms with Crippen LogP contribution in [0.3, 0.4) is 0 Å². The van der Waals surface area contributed by atoms with Crippen molar-refractivity contribution in [2.45, 2.75) is 18.2 Å². The zero-order valence-corrected chi connectivity index (χ0v) is 9.56. The number of ether oxygens (including phenoxy) is 1. The first-order valence-electron chi connectivity index (χ1n) is 4.72. The highest BCUT2D eigenvalue weighted by Gasteiger charge is 1.97. The molecule has 0 radical (unpaired) electrons. The monoisotopic (exact) mass is 211 g/mol. The van der Waals surface area contributed by atoms with E-state index in [-0.39, 0.29) is 0 Å². The minimum atomic E-state index is 0.828. The molecule has 2 N–H and O–H groups in total. The topological polar surface area (TPSA) is 35.2 Å². The van der Waals surface area contributed by atoms with Gasteiger partial charge < -0.3 is 10.5 Å². The van der Waals surface area contributed by atoms with Crippen LogP contribution in [0.2, 0.25) is 0 Å². The predicted octanol–water partition coefficient (Wildman–Crippen LogP) is 2.71. The molecule has 1 aromatic carbocycles. The van der Waals surface area contributed by atoms with Crippen LogP contribution < -0.4 is 5.73 Å². The molecule has 0 aliphatic carbocycles. The van der Waals surface area contributed by atoms with Crippen LogP contribution in [0, 0.1) is 6.92 Å². The zero-order chi connectivity index (χ0) is 10.4. The van der Waals surface area contributed by atoms with Gasteiger partial charge in [-0.15, -0.1) is 11.8 Å². The minimum absolute atomic E-state index is 0.828. The van der Waals surface area contributed by atoms with E-state index in [0.29, 0.717) is 0 Å². The van der Waals surface area contributed by atoms with Gasteiger partial charge in [-0.3, -0.25) is 0 Å². The van der Waals surface area contributed by atoms with Crippen LogP contribution in [0.5, 0.6) is 0 Å². The molecule has 1 aromatic rings. The Hall–Kier alpha value is -0.670. The second kappa shape index (κ2) is 5.94. The summed E-state index contributed by atoms with van der Waals surface area (Å²) in [5, 5.41) is 0. The van der Waals surface area contributed by atoms with Gasteiger partial charge in [-0.25, -0.2) is 0 Å². The number of nitrogens with two attached hydrogens (primary N) is 1. The maximum Gasteiger partial charge on any atom is 0.0470 e. The molecule has 0 saturated carbocycles. The van der Waals surface area contributed by atoms with Gasteiger partial charge in [-0.1, -0.05) is 6.07 Å². The van der Waals surface area contributed by atoms with Gasteiger partial charge in [0, 0.05) is 30.1 Å². The fraction of sp³-hybridized carbons (Fsp3) is 0.455. The van der Waals surface area contributed by atoms with Crippen molar-refractivity contribution < 1.29 is 4.74 Å². The first-order valence-corrected chi connectivity index (χ1v) is 5.70. The number of anilines is 1. The Morgan fingerprint density at radius 1 is 1.43 bits per heavy atom. The average molecular weight is 211 g/mol. The summed E-state index contributed by atoms with van der Waals surface area (Å²) in [6, 6.07) is 6.21. The van der Waals surface area contributed by atoms with Crippen molar-refractivity contribution in [2.75, 3.05) is 25.2 Å². The van der Waals surface area contributed by atoms with E-state index in [1.807, 2.05) is 24.8 Å². The van der Waals surface area contributed by atoms with Crippen LogP contribution >= 0.6 is 11.8 Å². The van der Waals surface area contributed by atoms with E-state index in [0.717, 1.165) is 30.0 Å². The Morgan fingerprint density at radius 3 is 2.86 bits per heavy atom. The number of aryl methyl sites for hydroxylation is 1. The summed E-state index contributed by atoms with van der Waals surface area (Å²) in [5.74, 6) is 1.08. The number of benzene rings is 1. The maximum absolute atomic E-state index is 5.81. The lowest BCUT2D eigenvalue weighted by atomic mass is 10.2. The Bertz CT molecular complexity index is 289. The standard InChI is InChI=1S/C11H17NOS/c1-9-4-5-10(8-11(9)12)14-7-3-6-13-2/h4-5,8H,3,6-7,12H2,1-2H3. The lowest BCUT2D eigenvalue weighted by Crippen LogP contribution is -1.92. The van der Waals surface area contributed by atoms with Crippen molar-refractivity contribution in [3.05, 3.63) is 23.8 Å². The van der Waals surface area contributed by atoms with Gasteiger partial charge in [0.05, 0.1) is 0 Å². The molecule has 0 fully saturated rings. The number of hydrogen-bond acceptors (Lipinski definition) is 3. The molecule has 0 amide bonds. The lowest BCUT2D eigenvalue weighted by Gasteiger charge is -2.04. The normalized spacial score (nSPS) is 10.4. The van der Waals surface area contributed by atoms with Crippen LogP contribution in [0.25, 0.3) is 0 Å². The number of nitrogen functional groups attached to an aromatic ring is 1. The molecule has 14 heavy (non-hydrogen) atoms. The highest BCUT2D eigenvalue weighted by atomic mass is 32.2. The summed E-state index contributed by atoms with van der Waals surface area (Å²) >= 11 is 1.82. The third-order valence-electron chi connectivity index (χ3n) is 2.01. The Labute approximate surface area is 89.8 Å². The average Bonchev–Trinajstić information content (AvgIpc) is 2.18. The van der Waals surface area contributed by atoms with Crippen LogP contribution in [-0.2, 0) is 4.74 Å². The van der Waals surface area contributed by atoms with Crippen molar-refractivity contribution in [3.63, 3.8) is 0 Å². The van der Waals surface area contributed by atoms with E-state index in [4.69, 9.17) is 10.5 Å². The van der Waals surface area contributed by atoms with Crippen molar-refractivity contribution in [1.29, 1.82) is 0 Å². The molecule has 1 rings (SSSR count). The molecule has 0 heterocycles. The van der Waals surface area contributed by atoms with Crippen LogP contribution in [0.1, 0.15) is 12.0 Å². The summed E-state index contributed by atoms with van der Waals surface area (Å²) in [6.07, 6.45) is 1.08. The number of thioether (sulfide) groups is 1. The van der Waals surface area contributed by atoms with Crippen LogP contribution in [0.4, 0.5) is 5.69 Å². The summed E-state index contributed by atoms with van der Waals surface area (Å²) < 4.78 is 4.98. The van der Waals surface area contributed by atoms with Crippen molar-refractivity contribution in [2.24, 2.45) is 0 Å². The maximum atomic E-state index is 5.81. The molecule has 0 aliphatic rings. The van der Waals surface area contributed by atoms with Gasteiger partial charge in [0.1, 0.15) is 0 Å². The number of hydrogen-bond donors (Lipinski definition) is 1. The van der Waals surface area contributed by atoms with Gasteiger partial charge in [-0.2, -0.15) is 0 Å². The molecule has 0 aliphatic heterocycles. The Morgan fingerprint density at radius 2 is 2.21 bits per heavy atom. The molecule has 0 saturated heterocycles. The highest BCUT2D eigenvalue weighted by Crippen LogP contribution is 2.23. The zero-order valence-electron chi connectivity index (χ0n) is 8.75. The summed E-state index contributed by atoms with van der Waals surface area (Å²) in [6.45, 7) is 2.85. The van der Waals surface area contributed by atoms with Crippen LogP contribution in [0.15, 0.2) is 23.1 Å². The number of rotatable bonds is 5. The lowest BCUT2D eigenvalue weighted by molar-refractivity contribution is 0.200. The van der Waals surface area contributed by atoms with Crippen LogP contribution in [-0.4, -0.2) is 19.5 Å². The van der Waals surface area contributed by atoms with Gasteiger partial charge in [-0.05, 0) is 31.0 Å². The summed E-state index contributed by atoms with van der Waals surface area (Å²) in [7, 11) is 1.73. The molecule has 78 valence electrons. The Kier molecular flexibility index (Phi) is 4.84. The van der Waals surface area contributed by atoms with E-state index < -0.39 is 0 Å². The highest BCUT2D eigenvalue weighted by molar-refractivity contribution is 7.99. The summed E-state index contributed by atoms with van der Waals surface area (Å²) in [4.78, 5) is 1.24. The largest absolute Gasteiger partial charge is 0.398 e. The van der Waals surface area contributed by atoms with E-state index in [1.165, 1.54) is 4.90 Å². The molecular formula is C11H17NOS. The second-order valence-electron chi connectivity index (χ2n) is 3.21. The smallest absolute Gasteiger partial charge is 0.0470 e. The molecule has 0 spiro atoms. The quantitative estimate of drug-likeness (QED) is 0.462. The first-order chi connectivity index (χ1) is 6.74. The minimum Gasteiger partial charge on any atom is -0.398 e. The third-order valence-corrected chi connectivity index (χ3v) is 3.09. The Balaban J connectivity index is 2.39. The second-order valence-corrected chi connectivity index (χ2v) is 4.38.